The molecule has 0 atom stereocenters. The molecule has 0 bridgehead atoms. The molecule has 3 rings (SSSR count). The van der Waals surface area contributed by atoms with Crippen molar-refractivity contribution in [2.75, 3.05) is 5.73 Å². The molecule has 3 N–H and O–H groups in total. The molecule has 5 heteroatoms. The second kappa shape index (κ2) is 3.95. The van der Waals surface area contributed by atoms with E-state index in [0.717, 1.165) is 18.2 Å². The lowest BCUT2D eigenvalue weighted by atomic mass is 10.1. The minimum atomic E-state index is -3.50. The Labute approximate surface area is 112 Å². The summed E-state index contributed by atoms with van der Waals surface area (Å²) in [5, 5.41) is 1.44. The summed E-state index contributed by atoms with van der Waals surface area (Å²) in [7, 11) is -3.50. The van der Waals surface area contributed by atoms with Gasteiger partial charge in [-0.05, 0) is 31.9 Å². The smallest absolute Gasteiger partial charge is 0.241 e. The number of sulfonamides is 1. The van der Waals surface area contributed by atoms with E-state index in [2.05, 4.69) is 4.72 Å². The molecule has 100 valence electrons. The minimum Gasteiger partial charge on any atom is -0.398 e. The van der Waals surface area contributed by atoms with Gasteiger partial charge >= 0.3 is 0 Å². The SMILES string of the molecule is CC1(NS(=O)(=O)c2ccc(N)c3ccccc23)CC1. The van der Waals surface area contributed by atoms with Gasteiger partial charge in [-0.3, -0.25) is 0 Å². The first-order valence-electron chi connectivity index (χ1n) is 6.23. The molecule has 0 amide bonds. The van der Waals surface area contributed by atoms with Gasteiger partial charge in [0.2, 0.25) is 10.0 Å². The maximum Gasteiger partial charge on any atom is 0.241 e. The van der Waals surface area contributed by atoms with Crippen molar-refractivity contribution in [2.24, 2.45) is 0 Å². The van der Waals surface area contributed by atoms with Crippen LogP contribution in [0, 0.1) is 0 Å². The Kier molecular flexibility index (Phi) is 2.59. The van der Waals surface area contributed by atoms with E-state index in [1.807, 2.05) is 25.1 Å². The number of nitrogens with two attached hydrogens (primary N) is 1. The predicted molar refractivity (Wildman–Crippen MR) is 76.3 cm³/mol. The highest BCUT2D eigenvalue weighted by Gasteiger charge is 2.41. The maximum atomic E-state index is 12.5. The molecular formula is C14H16N2O2S. The normalized spacial score (nSPS) is 17.5. The van der Waals surface area contributed by atoms with E-state index in [1.165, 1.54) is 0 Å². The lowest BCUT2D eigenvalue weighted by Crippen LogP contribution is -2.34. The summed E-state index contributed by atoms with van der Waals surface area (Å²) in [6.45, 7) is 1.92. The Morgan fingerprint density at radius 2 is 1.74 bits per heavy atom. The van der Waals surface area contributed by atoms with Crippen molar-refractivity contribution in [1.29, 1.82) is 0 Å². The molecule has 0 saturated heterocycles. The first kappa shape index (κ1) is 12.4. The van der Waals surface area contributed by atoms with Gasteiger partial charge in [-0.25, -0.2) is 13.1 Å². The molecule has 0 radical (unpaired) electrons. The van der Waals surface area contributed by atoms with Crippen molar-refractivity contribution in [1.82, 2.24) is 4.72 Å². The van der Waals surface area contributed by atoms with Crippen molar-refractivity contribution in [3.63, 3.8) is 0 Å². The first-order valence-corrected chi connectivity index (χ1v) is 7.71. The van der Waals surface area contributed by atoms with Crippen molar-refractivity contribution in [3.8, 4) is 0 Å². The summed E-state index contributed by atoms with van der Waals surface area (Å²) < 4.78 is 27.7. The third kappa shape index (κ3) is 2.19. The molecule has 1 aliphatic rings. The molecule has 0 unspecified atom stereocenters. The number of rotatable bonds is 3. The molecular weight excluding hydrogens is 260 g/mol. The maximum absolute atomic E-state index is 12.5. The van der Waals surface area contributed by atoms with Crippen LogP contribution in [0.2, 0.25) is 0 Å². The van der Waals surface area contributed by atoms with Crippen LogP contribution in [-0.4, -0.2) is 14.0 Å². The molecule has 0 aliphatic heterocycles. The van der Waals surface area contributed by atoms with Crippen LogP contribution in [0.15, 0.2) is 41.3 Å². The van der Waals surface area contributed by atoms with Crippen LogP contribution < -0.4 is 10.5 Å². The van der Waals surface area contributed by atoms with Gasteiger partial charge in [-0.15, -0.1) is 0 Å². The van der Waals surface area contributed by atoms with E-state index < -0.39 is 10.0 Å². The topological polar surface area (TPSA) is 72.2 Å². The largest absolute Gasteiger partial charge is 0.398 e. The number of anilines is 1. The van der Waals surface area contributed by atoms with Crippen molar-refractivity contribution in [3.05, 3.63) is 36.4 Å². The molecule has 0 spiro atoms. The molecule has 4 nitrogen and oxygen atoms in total. The number of fused-ring (bicyclic) bond motifs is 1. The zero-order chi connectivity index (χ0) is 13.7. The fraction of sp³-hybridized carbons (Fsp3) is 0.286. The highest BCUT2D eigenvalue weighted by Crippen LogP contribution is 2.37. The zero-order valence-corrected chi connectivity index (χ0v) is 11.5. The molecule has 19 heavy (non-hydrogen) atoms. The number of benzene rings is 2. The molecule has 2 aromatic rings. The van der Waals surface area contributed by atoms with Gasteiger partial charge in [-0.1, -0.05) is 24.3 Å². The van der Waals surface area contributed by atoms with Gasteiger partial charge in [0.1, 0.15) is 0 Å². The molecule has 0 heterocycles. The summed E-state index contributed by atoms with van der Waals surface area (Å²) >= 11 is 0. The monoisotopic (exact) mass is 276 g/mol. The summed E-state index contributed by atoms with van der Waals surface area (Å²) in [6.07, 6.45) is 1.78. The van der Waals surface area contributed by atoms with E-state index in [1.54, 1.807) is 18.2 Å². The van der Waals surface area contributed by atoms with Crippen LogP contribution in [0.3, 0.4) is 0 Å². The van der Waals surface area contributed by atoms with Gasteiger partial charge in [0.05, 0.1) is 4.90 Å². The highest BCUT2D eigenvalue weighted by atomic mass is 32.2. The van der Waals surface area contributed by atoms with Crippen LogP contribution in [0.25, 0.3) is 10.8 Å². The Morgan fingerprint density at radius 3 is 2.37 bits per heavy atom. The van der Waals surface area contributed by atoms with Gasteiger partial charge in [0, 0.05) is 22.0 Å². The average Bonchev–Trinajstić information content (AvgIpc) is 3.06. The van der Waals surface area contributed by atoms with Gasteiger partial charge < -0.3 is 5.73 Å². The summed E-state index contributed by atoms with van der Waals surface area (Å²) in [4.78, 5) is 0.297. The third-order valence-corrected chi connectivity index (χ3v) is 5.28. The van der Waals surface area contributed by atoms with Crippen LogP contribution in [0.1, 0.15) is 19.8 Å². The van der Waals surface area contributed by atoms with Crippen molar-refractivity contribution < 1.29 is 8.42 Å². The van der Waals surface area contributed by atoms with Gasteiger partial charge in [0.25, 0.3) is 0 Å². The number of nitrogen functional groups attached to an aromatic ring is 1. The summed E-state index contributed by atoms with van der Waals surface area (Å²) in [5.41, 5.74) is 6.21. The van der Waals surface area contributed by atoms with E-state index in [0.29, 0.717) is 16.0 Å². The highest BCUT2D eigenvalue weighted by molar-refractivity contribution is 7.89. The summed E-state index contributed by atoms with van der Waals surface area (Å²) in [6, 6.07) is 10.5. The second-order valence-corrected chi connectivity index (χ2v) is 7.02. The van der Waals surface area contributed by atoms with Crippen LogP contribution >= 0.6 is 0 Å². The average molecular weight is 276 g/mol. The summed E-state index contributed by atoms with van der Waals surface area (Å²) in [5.74, 6) is 0. The fourth-order valence-corrected chi connectivity index (χ4v) is 3.88. The Bertz CT molecular complexity index is 749. The van der Waals surface area contributed by atoms with Crippen LogP contribution in [0.4, 0.5) is 5.69 Å². The first-order chi connectivity index (χ1) is 8.91. The second-order valence-electron chi connectivity index (χ2n) is 5.36. The number of hydrogen-bond acceptors (Lipinski definition) is 3. The van der Waals surface area contributed by atoms with E-state index >= 15 is 0 Å². The minimum absolute atomic E-state index is 0.276. The molecule has 2 aromatic carbocycles. The van der Waals surface area contributed by atoms with Crippen molar-refractivity contribution >= 4 is 26.5 Å². The zero-order valence-electron chi connectivity index (χ0n) is 10.7. The lowest BCUT2D eigenvalue weighted by molar-refractivity contribution is 0.559. The third-order valence-electron chi connectivity index (χ3n) is 3.59. The fourth-order valence-electron chi connectivity index (χ4n) is 2.20. The van der Waals surface area contributed by atoms with Crippen LogP contribution in [0.5, 0.6) is 0 Å². The lowest BCUT2D eigenvalue weighted by Gasteiger charge is -2.14. The van der Waals surface area contributed by atoms with Crippen LogP contribution in [-0.2, 0) is 10.0 Å². The Balaban J connectivity index is 2.18. The number of nitrogens with one attached hydrogen (secondary N) is 1. The quantitative estimate of drug-likeness (QED) is 0.845. The standard InChI is InChI=1S/C14H16N2O2S/c1-14(8-9-14)16-19(17,18)13-7-6-12(15)10-4-2-3-5-11(10)13/h2-7,16H,8-9,15H2,1H3. The molecule has 1 fully saturated rings. The Morgan fingerprint density at radius 1 is 1.11 bits per heavy atom. The van der Waals surface area contributed by atoms with E-state index in [-0.39, 0.29) is 5.54 Å². The van der Waals surface area contributed by atoms with Gasteiger partial charge in [0.15, 0.2) is 0 Å². The molecule has 0 aromatic heterocycles. The van der Waals surface area contributed by atoms with E-state index in [4.69, 9.17) is 5.73 Å². The van der Waals surface area contributed by atoms with E-state index in [9.17, 15) is 8.42 Å². The molecule has 1 saturated carbocycles. The molecule has 1 aliphatic carbocycles. The van der Waals surface area contributed by atoms with Gasteiger partial charge in [-0.2, -0.15) is 0 Å². The predicted octanol–water partition coefficient (Wildman–Crippen LogP) is 2.25. The number of hydrogen-bond donors (Lipinski definition) is 2. The van der Waals surface area contributed by atoms with Crippen molar-refractivity contribution in [2.45, 2.75) is 30.2 Å². The Hall–Kier alpha value is -1.59.